The topological polar surface area (TPSA) is 66.4 Å². The summed E-state index contributed by atoms with van der Waals surface area (Å²) in [5, 5.41) is 12.6. The van der Waals surface area contributed by atoms with Gasteiger partial charge < -0.3 is 10.4 Å². The van der Waals surface area contributed by atoms with E-state index >= 15 is 0 Å². The zero-order valence-corrected chi connectivity index (χ0v) is 27.8. The van der Waals surface area contributed by atoms with Crippen molar-refractivity contribution < 1.29 is 14.7 Å². The van der Waals surface area contributed by atoms with Crippen molar-refractivity contribution in [1.82, 2.24) is 5.32 Å². The average molecular weight is 586 g/mol. The van der Waals surface area contributed by atoms with Crippen LogP contribution in [-0.4, -0.2) is 24.0 Å². The van der Waals surface area contributed by atoms with E-state index in [2.05, 4.69) is 59.5 Å². The van der Waals surface area contributed by atoms with E-state index in [1.54, 1.807) is 12.1 Å². The summed E-state index contributed by atoms with van der Waals surface area (Å²) in [5.74, 6) is 2.07. The summed E-state index contributed by atoms with van der Waals surface area (Å²) in [6.07, 6.45) is 13.9. The van der Waals surface area contributed by atoms with Gasteiger partial charge in [-0.25, -0.2) is 4.79 Å². The molecule has 4 nitrogen and oxygen atoms in total. The van der Waals surface area contributed by atoms with E-state index in [1.165, 1.54) is 42.4 Å². The SMILES string of the molecule is C=C(CC)C1CCC2(C(=O)NC)CCC3(C)C(CCC4C5(C)CC=C(c6ccc(C(=O)O)cc6)C(C)(C)C5CCC43C)C12. The van der Waals surface area contributed by atoms with Gasteiger partial charge in [0.05, 0.1) is 11.0 Å². The second-order valence-corrected chi connectivity index (χ2v) is 16.5. The highest BCUT2D eigenvalue weighted by atomic mass is 16.4. The molecule has 1 aromatic rings. The Hall–Kier alpha value is -2.36. The Kier molecular flexibility index (Phi) is 7.18. The largest absolute Gasteiger partial charge is 0.478 e. The normalized spacial score (nSPS) is 42.9. The maximum atomic E-state index is 13.7. The molecule has 0 aromatic heterocycles. The number of fused-ring (bicyclic) bond motifs is 7. The number of carboxylic acid groups (broad SMARTS) is 1. The Morgan fingerprint density at radius 3 is 2.23 bits per heavy atom. The smallest absolute Gasteiger partial charge is 0.335 e. The van der Waals surface area contributed by atoms with Gasteiger partial charge in [-0.2, -0.15) is 0 Å². The van der Waals surface area contributed by atoms with Gasteiger partial charge in [-0.3, -0.25) is 4.79 Å². The van der Waals surface area contributed by atoms with Gasteiger partial charge in [0.15, 0.2) is 0 Å². The minimum Gasteiger partial charge on any atom is -0.478 e. The fraction of sp³-hybridized carbons (Fsp3) is 0.692. The van der Waals surface area contributed by atoms with Gasteiger partial charge in [-0.05, 0) is 139 Å². The van der Waals surface area contributed by atoms with Crippen molar-refractivity contribution in [2.45, 2.75) is 106 Å². The third kappa shape index (κ3) is 3.99. The van der Waals surface area contributed by atoms with Crippen molar-refractivity contribution in [3.05, 3.63) is 53.6 Å². The molecule has 0 aliphatic heterocycles. The number of hydrogen-bond donors (Lipinski definition) is 2. The molecule has 0 spiro atoms. The van der Waals surface area contributed by atoms with E-state index in [4.69, 9.17) is 0 Å². The van der Waals surface area contributed by atoms with Gasteiger partial charge in [0.2, 0.25) is 5.91 Å². The van der Waals surface area contributed by atoms with E-state index in [0.29, 0.717) is 35.2 Å². The predicted octanol–water partition coefficient (Wildman–Crippen LogP) is 9.17. The number of nitrogens with one attached hydrogen (secondary N) is 1. The van der Waals surface area contributed by atoms with Gasteiger partial charge in [-0.15, -0.1) is 0 Å². The minimum absolute atomic E-state index is 0.00712. The van der Waals surface area contributed by atoms with Gasteiger partial charge >= 0.3 is 5.97 Å². The zero-order valence-electron chi connectivity index (χ0n) is 27.8. The molecule has 1 amide bonds. The van der Waals surface area contributed by atoms with Crippen molar-refractivity contribution >= 4 is 17.4 Å². The number of aromatic carboxylic acids is 1. The lowest BCUT2D eigenvalue weighted by Crippen LogP contribution is -2.66. The lowest BCUT2D eigenvalue weighted by molar-refractivity contribution is -0.225. The third-order valence-corrected chi connectivity index (χ3v) is 15.1. The fourth-order valence-electron chi connectivity index (χ4n) is 12.8. The van der Waals surface area contributed by atoms with Crippen LogP contribution in [0.15, 0.2) is 42.5 Å². The van der Waals surface area contributed by atoms with Gasteiger partial charge in [0.25, 0.3) is 0 Å². The number of carboxylic acids is 1. The van der Waals surface area contributed by atoms with E-state index in [9.17, 15) is 14.7 Å². The number of amides is 1. The molecule has 9 atom stereocenters. The highest BCUT2D eigenvalue weighted by Gasteiger charge is 2.71. The lowest BCUT2D eigenvalue weighted by Gasteiger charge is -2.72. The number of hydrogen-bond acceptors (Lipinski definition) is 2. The molecule has 0 heterocycles. The number of allylic oxidation sites excluding steroid dienone is 3. The molecule has 2 N–H and O–H groups in total. The second kappa shape index (κ2) is 10.1. The Morgan fingerprint density at radius 2 is 1.60 bits per heavy atom. The molecule has 6 rings (SSSR count). The van der Waals surface area contributed by atoms with Crippen molar-refractivity contribution in [1.29, 1.82) is 0 Å². The average Bonchev–Trinajstić information content (AvgIpc) is 3.37. The summed E-state index contributed by atoms with van der Waals surface area (Å²) < 4.78 is 0. The quantitative estimate of drug-likeness (QED) is 0.339. The predicted molar refractivity (Wildman–Crippen MR) is 174 cm³/mol. The first-order valence-corrected chi connectivity index (χ1v) is 17.2. The highest BCUT2D eigenvalue weighted by Crippen LogP contribution is 2.77. The van der Waals surface area contributed by atoms with E-state index in [1.807, 2.05) is 19.2 Å². The van der Waals surface area contributed by atoms with Crippen molar-refractivity contribution in [3.8, 4) is 0 Å². The zero-order chi connectivity index (χ0) is 31.2. The molecule has 9 unspecified atom stereocenters. The lowest BCUT2D eigenvalue weighted by atomic mass is 9.32. The van der Waals surface area contributed by atoms with Crippen LogP contribution in [0.25, 0.3) is 5.57 Å². The molecule has 1 aromatic carbocycles. The minimum atomic E-state index is -0.870. The van der Waals surface area contributed by atoms with Crippen molar-refractivity contribution in [3.63, 3.8) is 0 Å². The first-order valence-electron chi connectivity index (χ1n) is 17.2. The van der Waals surface area contributed by atoms with Crippen LogP contribution in [-0.2, 0) is 4.79 Å². The third-order valence-electron chi connectivity index (χ3n) is 15.1. The van der Waals surface area contributed by atoms with Crippen LogP contribution < -0.4 is 5.32 Å². The Bertz CT molecular complexity index is 1360. The molecule has 234 valence electrons. The van der Waals surface area contributed by atoms with Crippen LogP contribution in [0.5, 0.6) is 0 Å². The number of carbonyl (C=O) groups excluding carboxylic acids is 1. The van der Waals surface area contributed by atoms with E-state index in [-0.39, 0.29) is 33.0 Å². The van der Waals surface area contributed by atoms with Crippen LogP contribution in [0.4, 0.5) is 0 Å². The first kappa shape index (κ1) is 30.7. The monoisotopic (exact) mass is 585 g/mol. The summed E-state index contributed by atoms with van der Waals surface area (Å²) >= 11 is 0. The molecule has 4 fully saturated rings. The van der Waals surface area contributed by atoms with Gasteiger partial charge in [-0.1, -0.05) is 71.9 Å². The fourth-order valence-corrected chi connectivity index (χ4v) is 12.8. The molecule has 43 heavy (non-hydrogen) atoms. The maximum absolute atomic E-state index is 13.7. The number of benzene rings is 1. The summed E-state index contributed by atoms with van der Waals surface area (Å²) in [4.78, 5) is 25.2. The Balaban J connectivity index is 1.37. The van der Waals surface area contributed by atoms with Crippen LogP contribution in [0.2, 0.25) is 0 Å². The van der Waals surface area contributed by atoms with Gasteiger partial charge in [0.1, 0.15) is 0 Å². The molecule has 0 bridgehead atoms. The summed E-state index contributed by atoms with van der Waals surface area (Å²) in [7, 11) is 1.84. The number of rotatable bonds is 5. The Labute approximate surface area is 260 Å². The van der Waals surface area contributed by atoms with Crippen molar-refractivity contribution in [2.75, 3.05) is 7.05 Å². The Morgan fingerprint density at radius 1 is 0.907 bits per heavy atom. The molecule has 4 heteroatoms. The van der Waals surface area contributed by atoms with E-state index < -0.39 is 5.97 Å². The highest BCUT2D eigenvalue weighted by molar-refractivity contribution is 5.88. The molecule has 0 saturated heterocycles. The molecule has 5 aliphatic rings. The first-order chi connectivity index (χ1) is 20.2. The molecule has 4 saturated carbocycles. The molecular formula is C39H55NO3. The molecule has 0 radical (unpaired) electrons. The maximum Gasteiger partial charge on any atom is 0.335 e. The molecular weight excluding hydrogens is 530 g/mol. The van der Waals surface area contributed by atoms with Crippen LogP contribution >= 0.6 is 0 Å². The van der Waals surface area contributed by atoms with Crippen LogP contribution in [0.3, 0.4) is 0 Å². The standard InChI is InChI=1S/C39H55NO3/c1-9-24(2)27-16-21-39(34(43)40-8)23-22-37(6)29(32(27)39)14-15-31-36(5)19-17-28(25-10-12-26(13-11-25)33(41)42)35(3,4)30(36)18-20-38(31,37)7/h10-13,17,27,29-32H,2,9,14-16,18-23H2,1,3-8H3,(H,40,43)(H,41,42). The second-order valence-electron chi connectivity index (χ2n) is 16.5. The summed E-state index contributed by atoms with van der Waals surface area (Å²) in [6, 6.07) is 7.55. The molecule has 5 aliphatic carbocycles. The summed E-state index contributed by atoms with van der Waals surface area (Å²) in [6.45, 7) is 19.6. The van der Waals surface area contributed by atoms with Crippen molar-refractivity contribution in [2.24, 2.45) is 56.7 Å². The van der Waals surface area contributed by atoms with E-state index in [0.717, 1.165) is 38.5 Å². The van der Waals surface area contributed by atoms with Crippen LogP contribution in [0.1, 0.15) is 122 Å². The van der Waals surface area contributed by atoms with Gasteiger partial charge in [0, 0.05) is 7.05 Å². The van der Waals surface area contributed by atoms with Crippen LogP contribution in [0, 0.1) is 56.7 Å². The number of carbonyl (C=O) groups is 2. The summed E-state index contributed by atoms with van der Waals surface area (Å²) in [5.41, 5.74) is 4.71.